The molecule has 0 spiro atoms. The Bertz CT molecular complexity index is 661. The van der Waals surface area contributed by atoms with E-state index in [1.165, 1.54) is 11.1 Å². The van der Waals surface area contributed by atoms with Crippen LogP contribution in [0.3, 0.4) is 0 Å². The Labute approximate surface area is 166 Å². The molecule has 130 valence electrons. The highest BCUT2D eigenvalue weighted by atomic mass is 127. The molecule has 24 heavy (non-hydrogen) atoms. The highest BCUT2D eigenvalue weighted by Crippen LogP contribution is 2.11. The van der Waals surface area contributed by atoms with E-state index < -0.39 is 0 Å². The van der Waals surface area contributed by atoms with Crippen molar-refractivity contribution in [2.24, 2.45) is 4.99 Å². The summed E-state index contributed by atoms with van der Waals surface area (Å²) in [5, 5.41) is 7.37. The minimum atomic E-state index is 0. The maximum absolute atomic E-state index is 6.00. The summed E-state index contributed by atoms with van der Waals surface area (Å²) in [6, 6.07) is 9.84. The number of guanidine groups is 1. The van der Waals surface area contributed by atoms with Gasteiger partial charge in [0.25, 0.3) is 0 Å². The SMILES string of the molecule is CCNC(=NCc1cccc(Cl)c1)NCCc1ccncc1C.I. The van der Waals surface area contributed by atoms with Crippen molar-refractivity contribution in [3.63, 3.8) is 0 Å². The molecule has 0 aliphatic heterocycles. The first-order chi connectivity index (χ1) is 11.2. The number of pyridine rings is 1. The molecule has 0 atom stereocenters. The monoisotopic (exact) mass is 458 g/mol. The summed E-state index contributed by atoms with van der Waals surface area (Å²) in [6.45, 7) is 6.40. The smallest absolute Gasteiger partial charge is 0.191 e. The van der Waals surface area contributed by atoms with Gasteiger partial charge >= 0.3 is 0 Å². The minimum Gasteiger partial charge on any atom is -0.357 e. The predicted octanol–water partition coefficient (Wildman–Crippen LogP) is 3.96. The number of nitrogens with one attached hydrogen (secondary N) is 2. The molecule has 2 rings (SSSR count). The molecule has 1 aromatic heterocycles. The Morgan fingerprint density at radius 2 is 2.08 bits per heavy atom. The molecule has 6 heteroatoms. The number of hydrogen-bond acceptors (Lipinski definition) is 2. The van der Waals surface area contributed by atoms with Gasteiger partial charge in [-0.3, -0.25) is 4.98 Å². The first-order valence-corrected chi connectivity index (χ1v) is 8.23. The van der Waals surface area contributed by atoms with E-state index in [4.69, 9.17) is 11.6 Å². The topological polar surface area (TPSA) is 49.3 Å². The van der Waals surface area contributed by atoms with E-state index in [1.807, 2.05) is 36.7 Å². The molecule has 0 fully saturated rings. The number of rotatable bonds is 6. The van der Waals surface area contributed by atoms with Gasteiger partial charge in [0, 0.05) is 30.5 Å². The number of benzene rings is 1. The Morgan fingerprint density at radius 1 is 1.25 bits per heavy atom. The van der Waals surface area contributed by atoms with Crippen LogP contribution in [0.4, 0.5) is 0 Å². The third-order valence-electron chi connectivity index (χ3n) is 3.48. The van der Waals surface area contributed by atoms with Crippen LogP contribution in [0.15, 0.2) is 47.7 Å². The van der Waals surface area contributed by atoms with Gasteiger partial charge in [0.15, 0.2) is 5.96 Å². The molecule has 2 aromatic rings. The molecule has 2 N–H and O–H groups in total. The second kappa shape index (κ2) is 11.3. The van der Waals surface area contributed by atoms with Crippen molar-refractivity contribution in [2.75, 3.05) is 13.1 Å². The molecule has 0 radical (unpaired) electrons. The first kappa shape index (κ1) is 20.7. The predicted molar refractivity (Wildman–Crippen MR) is 112 cm³/mol. The summed E-state index contributed by atoms with van der Waals surface area (Å²) in [7, 11) is 0. The van der Waals surface area contributed by atoms with Crippen molar-refractivity contribution in [3.05, 3.63) is 64.4 Å². The van der Waals surface area contributed by atoms with Crippen molar-refractivity contribution in [3.8, 4) is 0 Å². The van der Waals surface area contributed by atoms with Crippen molar-refractivity contribution in [1.29, 1.82) is 0 Å². The zero-order valence-electron chi connectivity index (χ0n) is 14.1. The van der Waals surface area contributed by atoms with Crippen LogP contribution >= 0.6 is 35.6 Å². The molecular formula is C18H24ClIN4. The van der Waals surface area contributed by atoms with Crippen molar-refractivity contribution >= 4 is 41.5 Å². The Balaban J connectivity index is 0.00000288. The van der Waals surface area contributed by atoms with Crippen LogP contribution in [0.2, 0.25) is 5.02 Å². The minimum absolute atomic E-state index is 0. The van der Waals surface area contributed by atoms with Crippen molar-refractivity contribution in [1.82, 2.24) is 15.6 Å². The highest BCUT2D eigenvalue weighted by Gasteiger charge is 2.01. The number of hydrogen-bond donors (Lipinski definition) is 2. The van der Waals surface area contributed by atoms with Crippen LogP contribution in [-0.2, 0) is 13.0 Å². The quantitative estimate of drug-likeness (QED) is 0.391. The number of aliphatic imine (C=N–C) groups is 1. The van der Waals surface area contributed by atoms with Crippen LogP contribution in [0.1, 0.15) is 23.6 Å². The van der Waals surface area contributed by atoms with E-state index in [2.05, 4.69) is 40.5 Å². The Morgan fingerprint density at radius 3 is 2.79 bits per heavy atom. The van der Waals surface area contributed by atoms with E-state index in [-0.39, 0.29) is 24.0 Å². The largest absolute Gasteiger partial charge is 0.357 e. The third kappa shape index (κ3) is 7.05. The second-order valence-corrected chi connectivity index (χ2v) is 5.74. The first-order valence-electron chi connectivity index (χ1n) is 7.85. The van der Waals surface area contributed by atoms with Crippen LogP contribution in [0.25, 0.3) is 0 Å². The van der Waals surface area contributed by atoms with Crippen LogP contribution in [-0.4, -0.2) is 24.0 Å². The van der Waals surface area contributed by atoms with Gasteiger partial charge in [0.1, 0.15) is 0 Å². The third-order valence-corrected chi connectivity index (χ3v) is 3.71. The lowest BCUT2D eigenvalue weighted by Crippen LogP contribution is -2.38. The Hall–Kier alpha value is -1.34. The van der Waals surface area contributed by atoms with Crippen molar-refractivity contribution < 1.29 is 0 Å². The molecule has 0 bridgehead atoms. The van der Waals surface area contributed by atoms with Gasteiger partial charge in [-0.05, 0) is 55.2 Å². The summed E-state index contributed by atoms with van der Waals surface area (Å²) < 4.78 is 0. The molecule has 0 saturated heterocycles. The fourth-order valence-corrected chi connectivity index (χ4v) is 2.46. The van der Waals surface area contributed by atoms with E-state index in [0.717, 1.165) is 36.1 Å². The van der Waals surface area contributed by atoms with E-state index in [0.29, 0.717) is 6.54 Å². The van der Waals surface area contributed by atoms with Gasteiger partial charge in [-0.25, -0.2) is 4.99 Å². The standard InChI is InChI=1S/C18H23ClN4.HI/c1-3-21-18(23-13-15-5-4-6-17(19)11-15)22-10-8-16-7-9-20-12-14(16)2;/h4-7,9,11-12H,3,8,10,13H2,1-2H3,(H2,21,22,23);1H. The molecule has 0 aliphatic carbocycles. The summed E-state index contributed by atoms with van der Waals surface area (Å²) in [4.78, 5) is 8.72. The molecule has 1 heterocycles. The molecule has 0 amide bonds. The fourth-order valence-electron chi connectivity index (χ4n) is 2.25. The Kier molecular flexibility index (Phi) is 9.71. The molecule has 0 unspecified atom stereocenters. The van der Waals surface area contributed by atoms with Gasteiger partial charge in [0.05, 0.1) is 6.54 Å². The summed E-state index contributed by atoms with van der Waals surface area (Å²) in [6.07, 6.45) is 4.67. The van der Waals surface area contributed by atoms with Gasteiger partial charge in [-0.2, -0.15) is 0 Å². The van der Waals surface area contributed by atoms with Crippen LogP contribution in [0, 0.1) is 6.92 Å². The molecule has 4 nitrogen and oxygen atoms in total. The number of aromatic nitrogens is 1. The zero-order valence-corrected chi connectivity index (χ0v) is 17.1. The summed E-state index contributed by atoms with van der Waals surface area (Å²) in [5.74, 6) is 0.819. The summed E-state index contributed by atoms with van der Waals surface area (Å²) >= 11 is 6.00. The van der Waals surface area contributed by atoms with E-state index >= 15 is 0 Å². The molecule has 1 aromatic carbocycles. The van der Waals surface area contributed by atoms with Crippen LogP contribution < -0.4 is 10.6 Å². The average molecular weight is 459 g/mol. The number of halogens is 2. The normalized spacial score (nSPS) is 10.9. The van der Waals surface area contributed by atoms with Gasteiger partial charge in [-0.15, -0.1) is 24.0 Å². The lowest BCUT2D eigenvalue weighted by molar-refractivity contribution is 0.796. The van der Waals surface area contributed by atoms with E-state index in [9.17, 15) is 0 Å². The summed E-state index contributed by atoms with van der Waals surface area (Å²) in [5.41, 5.74) is 3.62. The molecular weight excluding hydrogens is 435 g/mol. The highest BCUT2D eigenvalue weighted by molar-refractivity contribution is 14.0. The van der Waals surface area contributed by atoms with Gasteiger partial charge < -0.3 is 10.6 Å². The maximum atomic E-state index is 6.00. The van der Waals surface area contributed by atoms with Gasteiger partial charge in [0.2, 0.25) is 0 Å². The maximum Gasteiger partial charge on any atom is 0.191 e. The van der Waals surface area contributed by atoms with Gasteiger partial charge in [-0.1, -0.05) is 23.7 Å². The second-order valence-electron chi connectivity index (χ2n) is 5.30. The molecule has 0 aliphatic rings. The average Bonchev–Trinajstić information content (AvgIpc) is 2.54. The van der Waals surface area contributed by atoms with Crippen molar-refractivity contribution in [2.45, 2.75) is 26.8 Å². The lowest BCUT2D eigenvalue weighted by atomic mass is 10.1. The number of nitrogens with zero attached hydrogens (tertiary/aromatic N) is 2. The fraction of sp³-hybridized carbons (Fsp3) is 0.333. The number of aryl methyl sites for hydroxylation is 1. The lowest BCUT2D eigenvalue weighted by Gasteiger charge is -2.12. The zero-order chi connectivity index (χ0) is 16.5. The van der Waals surface area contributed by atoms with Crippen LogP contribution in [0.5, 0.6) is 0 Å². The van der Waals surface area contributed by atoms with E-state index in [1.54, 1.807) is 0 Å². The molecule has 0 saturated carbocycles.